The van der Waals surface area contributed by atoms with Crippen LogP contribution in [0.3, 0.4) is 0 Å². The van der Waals surface area contributed by atoms with E-state index in [4.69, 9.17) is 23.2 Å². The molecule has 0 bridgehead atoms. The van der Waals surface area contributed by atoms with Gasteiger partial charge in [0.15, 0.2) is 10.3 Å². The molecule has 21 heavy (non-hydrogen) atoms. The molecule has 0 unspecified atom stereocenters. The zero-order valence-corrected chi connectivity index (χ0v) is 12.6. The lowest BCUT2D eigenvalue weighted by Gasteiger charge is -2.37. The minimum atomic E-state index is -0.221. The van der Waals surface area contributed by atoms with Crippen molar-refractivity contribution in [2.24, 2.45) is 0 Å². The Morgan fingerprint density at radius 2 is 1.52 bits per heavy atom. The lowest BCUT2D eigenvalue weighted by Crippen LogP contribution is -2.46. The largest absolute Gasteiger partial charge is 0.368 e. The van der Waals surface area contributed by atoms with Crippen LogP contribution in [0.25, 0.3) is 0 Å². The fourth-order valence-corrected chi connectivity index (χ4v) is 2.78. The minimum Gasteiger partial charge on any atom is -0.368 e. The van der Waals surface area contributed by atoms with Crippen LogP contribution in [0.15, 0.2) is 30.3 Å². The van der Waals surface area contributed by atoms with E-state index in [0.29, 0.717) is 10.3 Å². The van der Waals surface area contributed by atoms with Crippen LogP contribution in [0.5, 0.6) is 0 Å². The van der Waals surface area contributed by atoms with Gasteiger partial charge in [0.2, 0.25) is 0 Å². The van der Waals surface area contributed by atoms with Crippen LogP contribution in [0.1, 0.15) is 0 Å². The number of anilines is 2. The van der Waals surface area contributed by atoms with Crippen molar-refractivity contribution in [1.29, 1.82) is 0 Å². The molecule has 7 heteroatoms. The molecular formula is C14H13Cl2FN4. The van der Waals surface area contributed by atoms with Crippen molar-refractivity contribution in [1.82, 2.24) is 10.2 Å². The van der Waals surface area contributed by atoms with Gasteiger partial charge in [0, 0.05) is 37.9 Å². The first-order valence-electron chi connectivity index (χ1n) is 6.58. The van der Waals surface area contributed by atoms with Gasteiger partial charge in [-0.25, -0.2) is 4.39 Å². The van der Waals surface area contributed by atoms with E-state index in [2.05, 4.69) is 20.0 Å². The summed E-state index contributed by atoms with van der Waals surface area (Å²) in [6, 6.07) is 8.27. The van der Waals surface area contributed by atoms with Crippen LogP contribution >= 0.6 is 23.2 Å². The molecule has 1 fully saturated rings. The second-order valence-corrected chi connectivity index (χ2v) is 5.54. The number of hydrogen-bond acceptors (Lipinski definition) is 4. The van der Waals surface area contributed by atoms with Crippen LogP contribution < -0.4 is 9.80 Å². The summed E-state index contributed by atoms with van der Waals surface area (Å²) in [4.78, 5) is 4.34. The van der Waals surface area contributed by atoms with Crippen molar-refractivity contribution < 1.29 is 4.39 Å². The third kappa shape index (κ3) is 3.19. The Kier molecular flexibility index (Phi) is 4.12. The summed E-state index contributed by atoms with van der Waals surface area (Å²) < 4.78 is 13.0. The molecule has 3 rings (SSSR count). The van der Waals surface area contributed by atoms with Crippen molar-refractivity contribution in [3.05, 3.63) is 46.5 Å². The fourth-order valence-electron chi connectivity index (χ4n) is 2.42. The highest BCUT2D eigenvalue weighted by Gasteiger charge is 2.20. The van der Waals surface area contributed by atoms with E-state index >= 15 is 0 Å². The van der Waals surface area contributed by atoms with Crippen LogP contribution in [-0.2, 0) is 0 Å². The highest BCUT2D eigenvalue weighted by molar-refractivity contribution is 6.33. The average Bonchev–Trinajstić information content (AvgIpc) is 2.51. The molecule has 0 aliphatic carbocycles. The monoisotopic (exact) mass is 326 g/mol. The quantitative estimate of drug-likeness (QED) is 0.848. The van der Waals surface area contributed by atoms with E-state index in [0.717, 1.165) is 37.6 Å². The average molecular weight is 327 g/mol. The molecule has 0 N–H and O–H groups in total. The van der Waals surface area contributed by atoms with E-state index in [1.807, 2.05) is 0 Å². The van der Waals surface area contributed by atoms with Crippen molar-refractivity contribution in [3.63, 3.8) is 0 Å². The number of rotatable bonds is 2. The summed E-state index contributed by atoms with van der Waals surface area (Å²) in [5.41, 5.74) is 1.82. The predicted octanol–water partition coefficient (Wildman–Crippen LogP) is 3.25. The summed E-state index contributed by atoms with van der Waals surface area (Å²) in [5.74, 6) is -0.221. The third-order valence-electron chi connectivity index (χ3n) is 3.51. The SMILES string of the molecule is Fc1ccc(N2CCN(c3cc(Cl)nnc3Cl)CC2)cc1. The van der Waals surface area contributed by atoms with Gasteiger partial charge in [-0.15, -0.1) is 10.2 Å². The third-order valence-corrected chi connectivity index (χ3v) is 3.97. The van der Waals surface area contributed by atoms with Gasteiger partial charge in [-0.05, 0) is 24.3 Å². The number of nitrogens with zero attached hydrogens (tertiary/aromatic N) is 4. The molecule has 0 saturated carbocycles. The molecule has 2 aromatic rings. The van der Waals surface area contributed by atoms with E-state index in [1.165, 1.54) is 12.1 Å². The number of benzene rings is 1. The molecular weight excluding hydrogens is 314 g/mol. The molecule has 1 aliphatic rings. The molecule has 1 aromatic carbocycles. The summed E-state index contributed by atoms with van der Waals surface area (Å²) in [6.45, 7) is 3.22. The van der Waals surface area contributed by atoms with Crippen LogP contribution in [0.4, 0.5) is 15.8 Å². The smallest absolute Gasteiger partial charge is 0.175 e. The first-order valence-corrected chi connectivity index (χ1v) is 7.33. The van der Waals surface area contributed by atoms with Crippen molar-refractivity contribution in [3.8, 4) is 0 Å². The van der Waals surface area contributed by atoms with Crippen LogP contribution in [-0.4, -0.2) is 36.4 Å². The second-order valence-electron chi connectivity index (χ2n) is 4.79. The minimum absolute atomic E-state index is 0.221. The summed E-state index contributed by atoms with van der Waals surface area (Å²) in [5, 5.41) is 8.23. The molecule has 110 valence electrons. The zero-order chi connectivity index (χ0) is 14.8. The van der Waals surface area contributed by atoms with E-state index in [9.17, 15) is 4.39 Å². The van der Waals surface area contributed by atoms with Crippen molar-refractivity contribution >= 4 is 34.6 Å². The van der Waals surface area contributed by atoms with Gasteiger partial charge in [-0.2, -0.15) is 0 Å². The summed E-state index contributed by atoms with van der Waals surface area (Å²) in [6.07, 6.45) is 0. The second kappa shape index (κ2) is 6.03. The number of hydrogen-bond donors (Lipinski definition) is 0. The van der Waals surface area contributed by atoms with Gasteiger partial charge < -0.3 is 9.80 Å². The Bertz CT molecular complexity index is 627. The van der Waals surface area contributed by atoms with E-state index in [1.54, 1.807) is 18.2 Å². The highest BCUT2D eigenvalue weighted by Crippen LogP contribution is 2.27. The number of piperazine rings is 1. The van der Waals surface area contributed by atoms with E-state index in [-0.39, 0.29) is 5.82 Å². The first-order chi connectivity index (χ1) is 10.1. The highest BCUT2D eigenvalue weighted by atomic mass is 35.5. The number of halogens is 3. The van der Waals surface area contributed by atoms with Gasteiger partial charge in [-0.1, -0.05) is 23.2 Å². The van der Waals surface area contributed by atoms with Crippen molar-refractivity contribution in [2.45, 2.75) is 0 Å². The molecule has 1 saturated heterocycles. The molecule has 2 heterocycles. The maximum Gasteiger partial charge on any atom is 0.175 e. The van der Waals surface area contributed by atoms with E-state index < -0.39 is 0 Å². The maximum atomic E-state index is 13.0. The van der Waals surface area contributed by atoms with Gasteiger partial charge in [0.05, 0.1) is 5.69 Å². The number of aromatic nitrogens is 2. The molecule has 0 atom stereocenters. The lowest BCUT2D eigenvalue weighted by atomic mass is 10.2. The Labute approximate surface area is 132 Å². The lowest BCUT2D eigenvalue weighted by molar-refractivity contribution is 0.624. The van der Waals surface area contributed by atoms with Crippen LogP contribution in [0.2, 0.25) is 10.3 Å². The maximum absolute atomic E-state index is 13.0. The predicted molar refractivity (Wildman–Crippen MR) is 82.9 cm³/mol. The summed E-state index contributed by atoms with van der Waals surface area (Å²) in [7, 11) is 0. The van der Waals surface area contributed by atoms with Gasteiger partial charge in [0.1, 0.15) is 5.82 Å². The van der Waals surface area contributed by atoms with Crippen molar-refractivity contribution in [2.75, 3.05) is 36.0 Å². The standard InChI is InChI=1S/C14H13Cl2FN4/c15-13-9-12(14(16)19-18-13)21-7-5-20(6-8-21)11-3-1-10(17)2-4-11/h1-4,9H,5-8H2. The van der Waals surface area contributed by atoms with Gasteiger partial charge in [0.25, 0.3) is 0 Å². The molecule has 1 aliphatic heterocycles. The Morgan fingerprint density at radius 1 is 0.905 bits per heavy atom. The molecule has 4 nitrogen and oxygen atoms in total. The summed E-state index contributed by atoms with van der Waals surface area (Å²) >= 11 is 11.9. The zero-order valence-electron chi connectivity index (χ0n) is 11.1. The fraction of sp³-hybridized carbons (Fsp3) is 0.286. The Balaban J connectivity index is 1.70. The molecule has 0 amide bonds. The molecule has 0 radical (unpaired) electrons. The topological polar surface area (TPSA) is 32.3 Å². The van der Waals surface area contributed by atoms with Crippen LogP contribution in [0, 0.1) is 5.82 Å². The van der Waals surface area contributed by atoms with Gasteiger partial charge >= 0.3 is 0 Å². The molecule has 0 spiro atoms. The Hall–Kier alpha value is -1.59. The Morgan fingerprint density at radius 3 is 2.19 bits per heavy atom. The van der Waals surface area contributed by atoms with Gasteiger partial charge in [-0.3, -0.25) is 0 Å². The normalized spacial score (nSPS) is 15.4. The first kappa shape index (κ1) is 14.4. The molecule has 1 aromatic heterocycles.